The van der Waals surface area contributed by atoms with Gasteiger partial charge in [-0.25, -0.2) is 4.39 Å². The fraction of sp³-hybridized carbons (Fsp3) is 0.905. The molecule has 3 N–H and O–H groups in total. The van der Waals surface area contributed by atoms with Crippen molar-refractivity contribution in [1.82, 2.24) is 0 Å². The zero-order valence-electron chi connectivity index (χ0n) is 16.4. The highest BCUT2D eigenvalue weighted by atomic mass is 19.1. The fourth-order valence-electron chi connectivity index (χ4n) is 8.10. The summed E-state index contributed by atoms with van der Waals surface area (Å²) in [6.07, 6.45) is 0.293. The Bertz CT molecular complexity index is 772. The Morgan fingerprint density at radius 3 is 2.57 bits per heavy atom. The molecular weight excluding hydrogens is 367 g/mol. The predicted octanol–water partition coefficient (Wildman–Crippen LogP) is 1.08. The van der Waals surface area contributed by atoms with Crippen molar-refractivity contribution in [2.75, 3.05) is 6.61 Å². The molecule has 0 aromatic rings. The third-order valence-corrected chi connectivity index (χ3v) is 9.78. The minimum Gasteiger partial charge on any atom is -0.390 e. The summed E-state index contributed by atoms with van der Waals surface area (Å²) < 4.78 is 22.9. The lowest BCUT2D eigenvalue weighted by Gasteiger charge is -2.64. The lowest BCUT2D eigenvalue weighted by Crippen LogP contribution is -2.73. The van der Waals surface area contributed by atoms with Crippen LogP contribution in [0.25, 0.3) is 0 Å². The van der Waals surface area contributed by atoms with E-state index in [1.807, 2.05) is 6.92 Å². The molecule has 7 heteroatoms. The molecule has 4 aliphatic carbocycles. The lowest BCUT2D eigenvalue weighted by atomic mass is 9.41. The molecule has 9 atom stereocenters. The first-order valence-corrected chi connectivity index (χ1v) is 10.5. The van der Waals surface area contributed by atoms with Gasteiger partial charge in [0.2, 0.25) is 0 Å². The van der Waals surface area contributed by atoms with E-state index < -0.39 is 58.2 Å². The van der Waals surface area contributed by atoms with Gasteiger partial charge < -0.3 is 20.1 Å². The summed E-state index contributed by atoms with van der Waals surface area (Å²) >= 11 is 0. The largest absolute Gasteiger partial charge is 0.390 e. The van der Waals surface area contributed by atoms with Crippen LogP contribution < -0.4 is 0 Å². The van der Waals surface area contributed by atoms with Gasteiger partial charge in [0.15, 0.2) is 11.6 Å². The predicted molar refractivity (Wildman–Crippen MR) is 95.0 cm³/mol. The summed E-state index contributed by atoms with van der Waals surface area (Å²) in [4.78, 5) is 24.6. The molecule has 5 aliphatic rings. The van der Waals surface area contributed by atoms with E-state index in [0.29, 0.717) is 25.7 Å². The number of Topliss-reactive ketones (excluding diaryl/α,β-unsaturated/α-hetero) is 2. The minimum atomic E-state index is -1.93. The van der Waals surface area contributed by atoms with Gasteiger partial charge in [-0.2, -0.15) is 0 Å². The van der Waals surface area contributed by atoms with Crippen molar-refractivity contribution in [3.63, 3.8) is 0 Å². The SMILES string of the molecule is C[C@]12C[C@H](O)[C@@]3(F)[C@@H](CCC45O[C@H]4C(=O)CC[C@@]53C)[C@@H]1CC[C@]2(O)C(=O)CO. The summed E-state index contributed by atoms with van der Waals surface area (Å²) in [5.41, 5.74) is -6.45. The number of halogens is 1. The fourth-order valence-corrected chi connectivity index (χ4v) is 8.10. The number of carbonyl (C=O) groups is 2. The second kappa shape index (κ2) is 5.23. The number of hydrogen-bond donors (Lipinski definition) is 3. The summed E-state index contributed by atoms with van der Waals surface area (Å²) in [7, 11) is 0. The quantitative estimate of drug-likeness (QED) is 0.603. The van der Waals surface area contributed by atoms with E-state index in [0.717, 1.165) is 0 Å². The summed E-state index contributed by atoms with van der Waals surface area (Å²) in [6.45, 7) is 2.81. The van der Waals surface area contributed by atoms with Gasteiger partial charge in [-0.1, -0.05) is 13.8 Å². The number of alkyl halides is 1. The second-order valence-electron chi connectivity index (χ2n) is 10.3. The number of ketones is 2. The third-order valence-electron chi connectivity index (χ3n) is 9.78. The van der Waals surface area contributed by atoms with Gasteiger partial charge in [-0.3, -0.25) is 9.59 Å². The molecule has 1 heterocycles. The molecule has 5 fully saturated rings. The van der Waals surface area contributed by atoms with E-state index >= 15 is 4.39 Å². The van der Waals surface area contributed by atoms with Crippen LogP contribution in [-0.4, -0.2) is 62.6 Å². The van der Waals surface area contributed by atoms with Crippen molar-refractivity contribution >= 4 is 11.6 Å². The molecule has 1 aliphatic heterocycles. The Morgan fingerprint density at radius 1 is 1.21 bits per heavy atom. The van der Waals surface area contributed by atoms with Crippen LogP contribution in [0.5, 0.6) is 0 Å². The van der Waals surface area contributed by atoms with Crippen molar-refractivity contribution in [3.05, 3.63) is 0 Å². The average molecular weight is 396 g/mol. The van der Waals surface area contributed by atoms with Crippen LogP contribution in [0.4, 0.5) is 4.39 Å². The van der Waals surface area contributed by atoms with Crippen LogP contribution in [-0.2, 0) is 14.3 Å². The second-order valence-corrected chi connectivity index (χ2v) is 10.3. The van der Waals surface area contributed by atoms with Gasteiger partial charge in [0, 0.05) is 17.3 Å². The van der Waals surface area contributed by atoms with E-state index in [2.05, 4.69) is 0 Å². The maximum absolute atomic E-state index is 17.0. The Hall–Kier alpha value is -0.890. The van der Waals surface area contributed by atoms with Crippen molar-refractivity contribution in [2.45, 2.75) is 87.9 Å². The first-order chi connectivity index (χ1) is 13.0. The number of carbonyl (C=O) groups excluding carboxylic acids is 2. The van der Waals surface area contributed by atoms with Crippen molar-refractivity contribution in [3.8, 4) is 0 Å². The van der Waals surface area contributed by atoms with Crippen molar-refractivity contribution < 1.29 is 34.0 Å². The van der Waals surface area contributed by atoms with Crippen molar-refractivity contribution in [2.24, 2.45) is 22.7 Å². The van der Waals surface area contributed by atoms with Gasteiger partial charge in [0.05, 0.1) is 6.10 Å². The van der Waals surface area contributed by atoms with Gasteiger partial charge in [0.1, 0.15) is 29.6 Å². The molecule has 0 amide bonds. The summed E-state index contributed by atoms with van der Waals surface area (Å²) in [5, 5.41) is 31.7. The van der Waals surface area contributed by atoms with E-state index in [1.165, 1.54) is 0 Å². The number of rotatable bonds is 2. The van der Waals surface area contributed by atoms with Crippen LogP contribution in [0, 0.1) is 22.7 Å². The molecule has 0 aromatic heterocycles. The zero-order chi connectivity index (χ0) is 20.3. The van der Waals surface area contributed by atoms with E-state index in [4.69, 9.17) is 4.74 Å². The van der Waals surface area contributed by atoms with Crippen molar-refractivity contribution in [1.29, 1.82) is 0 Å². The van der Waals surface area contributed by atoms with E-state index in [1.54, 1.807) is 6.92 Å². The van der Waals surface area contributed by atoms with Gasteiger partial charge in [-0.05, 0) is 50.4 Å². The molecule has 1 spiro atoms. The summed E-state index contributed by atoms with van der Waals surface area (Å²) in [5.74, 6) is -1.41. The molecule has 5 rings (SSSR count). The molecule has 0 bridgehead atoms. The smallest absolute Gasteiger partial charge is 0.190 e. The monoisotopic (exact) mass is 396 g/mol. The number of epoxide rings is 1. The Balaban J connectivity index is 1.59. The molecular formula is C21H29FO6. The topological polar surface area (TPSA) is 107 Å². The molecule has 6 nitrogen and oxygen atoms in total. The molecule has 1 saturated heterocycles. The normalized spacial score (nSPS) is 59.7. The maximum Gasteiger partial charge on any atom is 0.190 e. The van der Waals surface area contributed by atoms with Crippen LogP contribution in [0.1, 0.15) is 58.8 Å². The van der Waals surface area contributed by atoms with Crippen LogP contribution >= 0.6 is 0 Å². The highest BCUT2D eigenvalue weighted by molar-refractivity contribution is 5.90. The minimum absolute atomic E-state index is 0.0263. The number of fused-ring (bicyclic) bond motifs is 4. The highest BCUT2D eigenvalue weighted by Gasteiger charge is 2.84. The van der Waals surface area contributed by atoms with Crippen LogP contribution in [0.2, 0.25) is 0 Å². The van der Waals surface area contributed by atoms with E-state index in [-0.39, 0.29) is 31.0 Å². The third kappa shape index (κ3) is 1.72. The first-order valence-electron chi connectivity index (χ1n) is 10.5. The molecule has 4 saturated carbocycles. The van der Waals surface area contributed by atoms with Crippen LogP contribution in [0.3, 0.4) is 0 Å². The molecule has 0 aromatic carbocycles. The molecule has 0 radical (unpaired) electrons. The van der Waals surface area contributed by atoms with Crippen LogP contribution in [0.15, 0.2) is 0 Å². The number of aliphatic hydroxyl groups excluding tert-OH is 2. The number of ether oxygens (including phenoxy) is 1. The standard InChI is InChI=1S/C21H29FO6/c1-17-9-14(25)21(22)12(11(17)3-7-19(17,27)15(26)10-23)4-8-20-16(28-20)13(24)5-6-18(20,21)2/h11-12,14,16,23,25,27H,3-10H2,1-2H3/t11-,12-,14-,16-,17-,18-,19-,20?,21-/m0/s1. The van der Waals surface area contributed by atoms with Gasteiger partial charge in [0.25, 0.3) is 0 Å². The Morgan fingerprint density at radius 2 is 1.89 bits per heavy atom. The average Bonchev–Trinajstić information content (AvgIpc) is 3.35. The van der Waals surface area contributed by atoms with Gasteiger partial charge >= 0.3 is 0 Å². The molecule has 156 valence electrons. The van der Waals surface area contributed by atoms with Gasteiger partial charge in [-0.15, -0.1) is 0 Å². The lowest BCUT2D eigenvalue weighted by molar-refractivity contribution is -0.254. The first kappa shape index (κ1) is 19.1. The number of aliphatic hydroxyl groups is 3. The Kier molecular flexibility index (Phi) is 3.57. The zero-order valence-corrected chi connectivity index (χ0v) is 16.4. The molecule has 28 heavy (non-hydrogen) atoms. The maximum atomic E-state index is 17.0. The summed E-state index contributed by atoms with van der Waals surface area (Å²) in [6, 6.07) is 0. The van der Waals surface area contributed by atoms with E-state index in [9.17, 15) is 24.9 Å². The highest BCUT2D eigenvalue weighted by Crippen LogP contribution is 2.75. The number of hydrogen-bond acceptors (Lipinski definition) is 6. The Labute approximate surface area is 163 Å². The molecule has 1 unspecified atom stereocenters.